The molecule has 55 heavy (non-hydrogen) atoms. The van der Waals surface area contributed by atoms with Crippen molar-refractivity contribution in [3.63, 3.8) is 0 Å². The molecule has 0 saturated heterocycles. The van der Waals surface area contributed by atoms with Gasteiger partial charge < -0.3 is 20.1 Å². The Kier molecular flexibility index (Phi) is 40.7. The van der Waals surface area contributed by atoms with Gasteiger partial charge in [-0.1, -0.05) is 169 Å². The molecule has 0 radical (unpaired) electrons. The maximum atomic E-state index is 12.8. The number of carbonyl (C=O) groups excluding carboxylic acids is 3. The SMILES string of the molecule is CCCCCCCCC(CCCCCCCC)OC(=O)CCCCCCCN(CCCCCCCC(=O)OCCC(CCCC)CCCC)CCCC(N)=O. The van der Waals surface area contributed by atoms with Crippen LogP contribution in [0.25, 0.3) is 0 Å². The number of rotatable bonds is 44. The van der Waals surface area contributed by atoms with Crippen LogP contribution < -0.4 is 5.73 Å². The number of hydrogen-bond donors (Lipinski definition) is 1. The van der Waals surface area contributed by atoms with E-state index in [1.807, 2.05) is 0 Å². The Balaban J connectivity index is 4.27. The number of primary amides is 1. The summed E-state index contributed by atoms with van der Waals surface area (Å²) in [6, 6.07) is 0. The Bertz CT molecular complexity index is 828. The summed E-state index contributed by atoms with van der Waals surface area (Å²) in [5.41, 5.74) is 5.42. The van der Waals surface area contributed by atoms with Gasteiger partial charge in [0, 0.05) is 19.3 Å². The van der Waals surface area contributed by atoms with Crippen LogP contribution in [0.3, 0.4) is 0 Å². The third-order valence-corrected chi connectivity index (χ3v) is 11.4. The van der Waals surface area contributed by atoms with Gasteiger partial charge in [-0.2, -0.15) is 0 Å². The molecule has 7 nitrogen and oxygen atoms in total. The summed E-state index contributed by atoms with van der Waals surface area (Å²) in [6.45, 7) is 12.6. The summed E-state index contributed by atoms with van der Waals surface area (Å²) < 4.78 is 11.6. The molecule has 0 saturated carbocycles. The Morgan fingerprint density at radius 1 is 0.436 bits per heavy atom. The number of esters is 2. The first-order chi connectivity index (χ1) is 26.9. The zero-order chi connectivity index (χ0) is 40.5. The molecule has 0 aromatic rings. The van der Waals surface area contributed by atoms with Gasteiger partial charge in [0.15, 0.2) is 0 Å². The normalized spacial score (nSPS) is 11.6. The average Bonchev–Trinajstić information content (AvgIpc) is 3.16. The van der Waals surface area contributed by atoms with Crippen molar-refractivity contribution in [1.29, 1.82) is 0 Å². The van der Waals surface area contributed by atoms with Gasteiger partial charge in [0.25, 0.3) is 0 Å². The van der Waals surface area contributed by atoms with Crippen molar-refractivity contribution in [2.45, 2.75) is 259 Å². The predicted octanol–water partition coefficient (Wildman–Crippen LogP) is 13.6. The Morgan fingerprint density at radius 3 is 1.35 bits per heavy atom. The zero-order valence-electron chi connectivity index (χ0n) is 37.3. The monoisotopic (exact) mass is 779 g/mol. The van der Waals surface area contributed by atoms with Gasteiger partial charge >= 0.3 is 11.9 Å². The van der Waals surface area contributed by atoms with Crippen molar-refractivity contribution in [2.75, 3.05) is 26.2 Å². The first-order valence-electron chi connectivity index (χ1n) is 24.2. The molecular weight excluding hydrogens is 685 g/mol. The van der Waals surface area contributed by atoms with Crippen LogP contribution in [-0.2, 0) is 23.9 Å². The molecule has 0 fully saturated rings. The molecule has 0 aliphatic heterocycles. The molecule has 0 aliphatic rings. The van der Waals surface area contributed by atoms with Crippen molar-refractivity contribution in [1.82, 2.24) is 4.90 Å². The van der Waals surface area contributed by atoms with Crippen LogP contribution in [0, 0.1) is 5.92 Å². The highest BCUT2D eigenvalue weighted by atomic mass is 16.5. The maximum Gasteiger partial charge on any atom is 0.306 e. The maximum absolute atomic E-state index is 12.8. The average molecular weight is 779 g/mol. The van der Waals surface area contributed by atoms with E-state index in [1.165, 1.54) is 116 Å². The molecule has 0 atom stereocenters. The van der Waals surface area contributed by atoms with Crippen LogP contribution in [0.5, 0.6) is 0 Å². The van der Waals surface area contributed by atoms with Gasteiger partial charge in [-0.05, 0) is 89.8 Å². The minimum Gasteiger partial charge on any atom is -0.466 e. The molecule has 1 amide bonds. The predicted molar refractivity (Wildman–Crippen MR) is 234 cm³/mol. The molecule has 0 aromatic carbocycles. The number of amides is 1. The Hall–Kier alpha value is -1.63. The number of hydrogen-bond acceptors (Lipinski definition) is 6. The number of nitrogens with zero attached hydrogens (tertiary/aromatic N) is 1. The lowest BCUT2D eigenvalue weighted by atomic mass is 9.93. The van der Waals surface area contributed by atoms with Gasteiger partial charge in [0.05, 0.1) is 6.61 Å². The summed E-state index contributed by atoms with van der Waals surface area (Å²) in [6.07, 6.45) is 39.2. The smallest absolute Gasteiger partial charge is 0.306 e. The van der Waals surface area contributed by atoms with Gasteiger partial charge in [0.1, 0.15) is 6.10 Å². The zero-order valence-corrected chi connectivity index (χ0v) is 37.3. The summed E-state index contributed by atoms with van der Waals surface area (Å²) in [5, 5.41) is 0. The summed E-state index contributed by atoms with van der Waals surface area (Å²) in [5.74, 6) is 0.450. The number of nitrogens with two attached hydrogens (primary N) is 1. The van der Waals surface area contributed by atoms with Gasteiger partial charge in [0.2, 0.25) is 5.91 Å². The van der Waals surface area contributed by atoms with Crippen LogP contribution >= 0.6 is 0 Å². The van der Waals surface area contributed by atoms with Crippen molar-refractivity contribution in [2.24, 2.45) is 11.7 Å². The second-order valence-electron chi connectivity index (χ2n) is 16.8. The first-order valence-corrected chi connectivity index (χ1v) is 24.2. The van der Waals surface area contributed by atoms with Crippen molar-refractivity contribution in [3.8, 4) is 0 Å². The lowest BCUT2D eigenvalue weighted by molar-refractivity contribution is -0.150. The van der Waals surface area contributed by atoms with E-state index in [1.54, 1.807) is 0 Å². The summed E-state index contributed by atoms with van der Waals surface area (Å²) >= 11 is 0. The topological polar surface area (TPSA) is 98.9 Å². The van der Waals surface area contributed by atoms with E-state index in [9.17, 15) is 14.4 Å². The van der Waals surface area contributed by atoms with Crippen LogP contribution in [-0.4, -0.2) is 55.1 Å². The van der Waals surface area contributed by atoms with Crippen LogP contribution in [0.15, 0.2) is 0 Å². The third kappa shape index (κ3) is 39.0. The molecule has 0 aromatic heterocycles. The van der Waals surface area contributed by atoms with E-state index in [0.717, 1.165) is 110 Å². The minimum atomic E-state index is -0.221. The molecule has 326 valence electrons. The minimum absolute atomic E-state index is 0.00606. The molecule has 0 heterocycles. The number of unbranched alkanes of at least 4 members (excludes halogenated alkanes) is 20. The quantitative estimate of drug-likeness (QED) is 0.0488. The summed E-state index contributed by atoms with van der Waals surface area (Å²) in [7, 11) is 0. The largest absolute Gasteiger partial charge is 0.466 e. The molecule has 0 bridgehead atoms. The molecule has 7 heteroatoms. The molecular formula is C48H94N2O5. The number of carbonyl (C=O) groups is 3. The molecule has 0 spiro atoms. The van der Waals surface area contributed by atoms with E-state index in [0.29, 0.717) is 31.8 Å². The fraction of sp³-hybridized carbons (Fsp3) is 0.938. The van der Waals surface area contributed by atoms with Crippen LogP contribution in [0.1, 0.15) is 252 Å². The first kappa shape index (κ1) is 53.4. The second-order valence-corrected chi connectivity index (χ2v) is 16.8. The van der Waals surface area contributed by atoms with Crippen LogP contribution in [0.4, 0.5) is 0 Å². The standard InChI is InChI=1S/C48H94N2O5/c1-5-9-13-15-19-25-34-45(35-26-20-16-14-10-6-2)55-48(53)38-28-22-18-24-30-41-50(42-31-36-46(49)51)40-29-23-17-21-27-37-47(52)54-43-39-44(32-11-7-3)33-12-8-4/h44-45H,5-43H2,1-4H3,(H2,49,51). The third-order valence-electron chi connectivity index (χ3n) is 11.4. The molecule has 0 rings (SSSR count). The van der Waals surface area contributed by atoms with E-state index >= 15 is 0 Å². The highest BCUT2D eigenvalue weighted by molar-refractivity contribution is 5.73. The van der Waals surface area contributed by atoms with Gasteiger partial charge in [-0.3, -0.25) is 14.4 Å². The van der Waals surface area contributed by atoms with Gasteiger partial charge in [-0.25, -0.2) is 0 Å². The van der Waals surface area contributed by atoms with Crippen molar-refractivity contribution < 1.29 is 23.9 Å². The summed E-state index contributed by atoms with van der Waals surface area (Å²) in [4.78, 5) is 38.9. The van der Waals surface area contributed by atoms with Crippen LogP contribution in [0.2, 0.25) is 0 Å². The fourth-order valence-electron chi connectivity index (χ4n) is 7.72. The Labute approximate surface area is 342 Å². The molecule has 2 N–H and O–H groups in total. The van der Waals surface area contributed by atoms with Crippen molar-refractivity contribution in [3.05, 3.63) is 0 Å². The highest BCUT2D eigenvalue weighted by Gasteiger charge is 2.15. The van der Waals surface area contributed by atoms with E-state index in [-0.39, 0.29) is 23.9 Å². The van der Waals surface area contributed by atoms with Crippen molar-refractivity contribution >= 4 is 17.8 Å². The van der Waals surface area contributed by atoms with E-state index < -0.39 is 0 Å². The van der Waals surface area contributed by atoms with Gasteiger partial charge in [-0.15, -0.1) is 0 Å². The highest BCUT2D eigenvalue weighted by Crippen LogP contribution is 2.21. The van der Waals surface area contributed by atoms with E-state index in [4.69, 9.17) is 15.2 Å². The van der Waals surface area contributed by atoms with E-state index in [2.05, 4.69) is 32.6 Å². The second kappa shape index (κ2) is 42.0. The molecule has 0 unspecified atom stereocenters. The fourth-order valence-corrected chi connectivity index (χ4v) is 7.72. The Morgan fingerprint density at radius 2 is 0.855 bits per heavy atom. The number of ether oxygens (including phenoxy) is 2. The molecule has 0 aliphatic carbocycles. The lowest BCUT2D eigenvalue weighted by Gasteiger charge is -2.22. The lowest BCUT2D eigenvalue weighted by Crippen LogP contribution is -2.28.